The number of aromatic hydroxyl groups is 1. The van der Waals surface area contributed by atoms with Gasteiger partial charge < -0.3 is 15.7 Å². The van der Waals surface area contributed by atoms with E-state index >= 15 is 0 Å². The standard InChI is InChI=1S/C21H26N2O2/c1-14-6-7-15(2)20(12-14)23-21(25)22-18-5-3-4-17(13-18)16-8-10-19(24)11-9-16/h6-12,17-18,24H,3-5,13H2,1-2H3,(H2,22,23,25). The summed E-state index contributed by atoms with van der Waals surface area (Å²) in [5.74, 6) is 0.725. The van der Waals surface area contributed by atoms with Crippen molar-refractivity contribution in [1.82, 2.24) is 5.32 Å². The van der Waals surface area contributed by atoms with Gasteiger partial charge >= 0.3 is 6.03 Å². The first-order chi connectivity index (χ1) is 12.0. The first-order valence-electron chi connectivity index (χ1n) is 8.95. The number of phenolic OH excluding ortho intramolecular Hbond substituents is 1. The second-order valence-electron chi connectivity index (χ2n) is 7.07. The van der Waals surface area contributed by atoms with E-state index in [-0.39, 0.29) is 12.1 Å². The number of amides is 2. The highest BCUT2D eigenvalue weighted by Crippen LogP contribution is 2.33. The van der Waals surface area contributed by atoms with E-state index in [9.17, 15) is 9.90 Å². The molecule has 0 aliphatic heterocycles. The maximum absolute atomic E-state index is 12.4. The van der Waals surface area contributed by atoms with Crippen LogP contribution in [0, 0.1) is 13.8 Å². The van der Waals surface area contributed by atoms with E-state index in [1.54, 1.807) is 12.1 Å². The van der Waals surface area contributed by atoms with Crippen molar-refractivity contribution in [2.24, 2.45) is 0 Å². The molecule has 4 nitrogen and oxygen atoms in total. The van der Waals surface area contributed by atoms with Crippen molar-refractivity contribution >= 4 is 11.7 Å². The van der Waals surface area contributed by atoms with Gasteiger partial charge in [-0.3, -0.25) is 0 Å². The minimum absolute atomic E-state index is 0.134. The molecule has 132 valence electrons. The first kappa shape index (κ1) is 17.3. The summed E-state index contributed by atoms with van der Waals surface area (Å²) in [6.07, 6.45) is 4.17. The molecule has 0 bridgehead atoms. The fraction of sp³-hybridized carbons (Fsp3) is 0.381. The number of anilines is 1. The van der Waals surface area contributed by atoms with Crippen LogP contribution in [0.2, 0.25) is 0 Å². The molecule has 0 aromatic heterocycles. The Morgan fingerprint density at radius 3 is 2.60 bits per heavy atom. The molecule has 0 saturated heterocycles. The molecule has 1 aliphatic rings. The minimum Gasteiger partial charge on any atom is -0.508 e. The SMILES string of the molecule is Cc1ccc(C)c(NC(=O)NC2CCCC(c3ccc(O)cc3)C2)c1. The highest BCUT2D eigenvalue weighted by atomic mass is 16.3. The highest BCUT2D eigenvalue weighted by molar-refractivity contribution is 5.90. The van der Waals surface area contributed by atoms with Crippen molar-refractivity contribution in [2.45, 2.75) is 51.5 Å². The zero-order valence-corrected chi connectivity index (χ0v) is 14.9. The topological polar surface area (TPSA) is 61.4 Å². The summed E-state index contributed by atoms with van der Waals surface area (Å²) in [7, 11) is 0. The number of benzene rings is 2. The number of hydrogen-bond acceptors (Lipinski definition) is 2. The number of rotatable bonds is 3. The maximum Gasteiger partial charge on any atom is 0.319 e. The van der Waals surface area contributed by atoms with Crippen LogP contribution in [0.15, 0.2) is 42.5 Å². The maximum atomic E-state index is 12.4. The lowest BCUT2D eigenvalue weighted by molar-refractivity contribution is 0.242. The Kier molecular flexibility index (Phi) is 5.27. The lowest BCUT2D eigenvalue weighted by Gasteiger charge is -2.30. The van der Waals surface area contributed by atoms with Crippen LogP contribution < -0.4 is 10.6 Å². The second-order valence-corrected chi connectivity index (χ2v) is 7.07. The summed E-state index contributed by atoms with van der Waals surface area (Å²) >= 11 is 0. The van der Waals surface area contributed by atoms with Gasteiger partial charge in [-0.2, -0.15) is 0 Å². The summed E-state index contributed by atoms with van der Waals surface area (Å²) in [6.45, 7) is 4.02. The smallest absolute Gasteiger partial charge is 0.319 e. The molecule has 4 heteroatoms. The van der Waals surface area contributed by atoms with Gasteiger partial charge in [-0.05, 0) is 73.9 Å². The Hall–Kier alpha value is -2.49. The van der Waals surface area contributed by atoms with E-state index in [1.807, 2.05) is 44.2 Å². The minimum atomic E-state index is -0.134. The van der Waals surface area contributed by atoms with Gasteiger partial charge in [0, 0.05) is 11.7 Å². The Morgan fingerprint density at radius 2 is 1.84 bits per heavy atom. The lowest BCUT2D eigenvalue weighted by atomic mass is 9.81. The zero-order valence-electron chi connectivity index (χ0n) is 14.9. The molecule has 1 fully saturated rings. The molecular formula is C21H26N2O2. The van der Waals surface area contributed by atoms with Gasteiger partial charge in [0.1, 0.15) is 5.75 Å². The van der Waals surface area contributed by atoms with Crippen molar-refractivity contribution in [3.63, 3.8) is 0 Å². The molecule has 2 unspecified atom stereocenters. The number of hydrogen-bond donors (Lipinski definition) is 3. The Bertz CT molecular complexity index is 740. The van der Waals surface area contributed by atoms with E-state index in [0.29, 0.717) is 11.7 Å². The molecule has 2 aromatic rings. The van der Waals surface area contributed by atoms with Crippen LogP contribution in [-0.4, -0.2) is 17.2 Å². The summed E-state index contributed by atoms with van der Waals surface area (Å²) < 4.78 is 0. The monoisotopic (exact) mass is 338 g/mol. The van der Waals surface area contributed by atoms with Crippen molar-refractivity contribution in [3.05, 3.63) is 59.2 Å². The van der Waals surface area contributed by atoms with E-state index in [1.165, 1.54) is 5.56 Å². The molecule has 2 amide bonds. The van der Waals surface area contributed by atoms with Gasteiger partial charge in [0.2, 0.25) is 0 Å². The molecule has 25 heavy (non-hydrogen) atoms. The lowest BCUT2D eigenvalue weighted by Crippen LogP contribution is -2.40. The van der Waals surface area contributed by atoms with Crippen LogP contribution in [0.1, 0.15) is 48.3 Å². The van der Waals surface area contributed by atoms with Crippen LogP contribution in [0.25, 0.3) is 0 Å². The van der Waals surface area contributed by atoms with Gasteiger partial charge in [-0.25, -0.2) is 4.79 Å². The van der Waals surface area contributed by atoms with Crippen LogP contribution in [0.4, 0.5) is 10.5 Å². The van der Waals surface area contributed by atoms with E-state index < -0.39 is 0 Å². The number of nitrogens with one attached hydrogen (secondary N) is 2. The number of carbonyl (C=O) groups excluding carboxylic acids is 1. The average Bonchev–Trinajstić information content (AvgIpc) is 2.59. The van der Waals surface area contributed by atoms with Crippen molar-refractivity contribution in [3.8, 4) is 5.75 Å². The summed E-state index contributed by atoms with van der Waals surface area (Å²) in [5, 5.41) is 15.5. The van der Waals surface area contributed by atoms with Crippen molar-refractivity contribution < 1.29 is 9.90 Å². The summed E-state index contributed by atoms with van der Waals surface area (Å²) in [5.41, 5.74) is 4.29. The van der Waals surface area contributed by atoms with Crippen molar-refractivity contribution in [2.75, 3.05) is 5.32 Å². The van der Waals surface area contributed by atoms with Crippen molar-refractivity contribution in [1.29, 1.82) is 0 Å². The van der Waals surface area contributed by atoms with Gasteiger partial charge in [0.25, 0.3) is 0 Å². The normalized spacial score (nSPS) is 20.1. The molecule has 0 heterocycles. The largest absolute Gasteiger partial charge is 0.508 e. The fourth-order valence-corrected chi connectivity index (χ4v) is 3.58. The van der Waals surface area contributed by atoms with Crippen LogP contribution in [-0.2, 0) is 0 Å². The van der Waals surface area contributed by atoms with Gasteiger partial charge in [-0.1, -0.05) is 30.7 Å². The quantitative estimate of drug-likeness (QED) is 0.748. The fourth-order valence-electron chi connectivity index (χ4n) is 3.58. The van der Waals surface area contributed by atoms with Crippen LogP contribution >= 0.6 is 0 Å². The van der Waals surface area contributed by atoms with Gasteiger partial charge in [0.05, 0.1) is 0 Å². The molecule has 1 aliphatic carbocycles. The molecule has 0 spiro atoms. The van der Waals surface area contributed by atoms with E-state index in [2.05, 4.69) is 10.6 Å². The molecule has 1 saturated carbocycles. The number of aryl methyl sites for hydroxylation is 2. The Morgan fingerprint density at radius 1 is 1.08 bits per heavy atom. The molecule has 0 radical (unpaired) electrons. The molecule has 2 aromatic carbocycles. The third-order valence-corrected chi connectivity index (χ3v) is 5.02. The Labute approximate surface area is 149 Å². The highest BCUT2D eigenvalue weighted by Gasteiger charge is 2.24. The summed E-state index contributed by atoms with van der Waals surface area (Å²) in [6, 6.07) is 13.5. The first-order valence-corrected chi connectivity index (χ1v) is 8.95. The predicted molar refractivity (Wildman–Crippen MR) is 101 cm³/mol. The van der Waals surface area contributed by atoms with Gasteiger partial charge in [0.15, 0.2) is 0 Å². The van der Waals surface area contributed by atoms with E-state index in [0.717, 1.165) is 42.5 Å². The molecule has 2 atom stereocenters. The zero-order chi connectivity index (χ0) is 17.8. The van der Waals surface area contributed by atoms with Gasteiger partial charge in [-0.15, -0.1) is 0 Å². The number of carbonyl (C=O) groups is 1. The number of phenols is 1. The number of urea groups is 1. The molecule has 3 N–H and O–H groups in total. The Balaban J connectivity index is 1.59. The van der Waals surface area contributed by atoms with Crippen LogP contribution in [0.3, 0.4) is 0 Å². The third-order valence-electron chi connectivity index (χ3n) is 5.02. The molecule has 3 rings (SSSR count). The predicted octanol–water partition coefficient (Wildman–Crippen LogP) is 4.86. The second kappa shape index (κ2) is 7.60. The van der Waals surface area contributed by atoms with E-state index in [4.69, 9.17) is 0 Å². The third kappa shape index (κ3) is 4.53. The average molecular weight is 338 g/mol. The van der Waals surface area contributed by atoms with Crippen LogP contribution in [0.5, 0.6) is 5.75 Å². The molecular weight excluding hydrogens is 312 g/mol. The summed E-state index contributed by atoms with van der Waals surface area (Å²) in [4.78, 5) is 12.4.